The van der Waals surface area contributed by atoms with Gasteiger partial charge in [0.15, 0.2) is 0 Å². The summed E-state index contributed by atoms with van der Waals surface area (Å²) in [4.78, 5) is 12.2. The van der Waals surface area contributed by atoms with Gasteiger partial charge in [-0.05, 0) is 29.5 Å². The maximum Gasteiger partial charge on any atom is 0.217 e. The molecular weight excluding hydrogens is 466 g/mol. The molecule has 2 heterocycles. The predicted molar refractivity (Wildman–Crippen MR) is 141 cm³/mol. The van der Waals surface area contributed by atoms with E-state index in [1.165, 1.54) is 6.92 Å². The fourth-order valence-electron chi connectivity index (χ4n) is 5.45. The van der Waals surface area contributed by atoms with Gasteiger partial charge in [0, 0.05) is 6.92 Å². The highest BCUT2D eigenvalue weighted by Crippen LogP contribution is 2.45. The molecule has 194 valence electrons. The predicted octanol–water partition coefficient (Wildman–Crippen LogP) is 4.81. The number of rotatable bonds is 11. The minimum Gasteiger partial charge on any atom is -0.374 e. The standard InChI is InChI=1S/C31H35NO5/c1-23(33)32-28-27-17-18-31(37-27,22-34-19-24-11-5-2-6-12-24)30(36-21-26-15-9-4-10-16-26)29(28)35-20-25-13-7-3-8-14-25/h2-16,27-30H,17-22H2,1H3,(H,32,33)/t27-,28+,29-,30-,31-/m1/s1. The van der Waals surface area contributed by atoms with E-state index in [1.807, 2.05) is 78.9 Å². The van der Waals surface area contributed by atoms with Crippen LogP contribution in [0, 0.1) is 0 Å². The van der Waals surface area contributed by atoms with Crippen LogP contribution in [0.2, 0.25) is 0 Å². The SMILES string of the molecule is CC(=O)N[C@@H]1[C@@H](OCc2ccccc2)[C@@H](OCc2ccccc2)[C@]2(COCc3ccccc3)CC[C@H]1O2. The lowest BCUT2D eigenvalue weighted by Crippen LogP contribution is -2.67. The van der Waals surface area contributed by atoms with Crippen LogP contribution in [0.25, 0.3) is 0 Å². The lowest BCUT2D eigenvalue weighted by atomic mass is 9.87. The van der Waals surface area contributed by atoms with Crippen LogP contribution < -0.4 is 5.32 Å². The van der Waals surface area contributed by atoms with E-state index >= 15 is 0 Å². The van der Waals surface area contributed by atoms with Gasteiger partial charge in [-0.3, -0.25) is 4.79 Å². The average molecular weight is 502 g/mol. The van der Waals surface area contributed by atoms with Crippen LogP contribution in [0.15, 0.2) is 91.0 Å². The van der Waals surface area contributed by atoms with Gasteiger partial charge in [-0.25, -0.2) is 0 Å². The van der Waals surface area contributed by atoms with Gasteiger partial charge < -0.3 is 24.3 Å². The molecule has 2 aliphatic rings. The molecule has 5 atom stereocenters. The molecule has 1 amide bonds. The topological polar surface area (TPSA) is 66.0 Å². The van der Waals surface area contributed by atoms with Crippen LogP contribution in [0.5, 0.6) is 0 Å². The highest BCUT2D eigenvalue weighted by molar-refractivity contribution is 5.73. The molecule has 0 aromatic heterocycles. The number of fused-ring (bicyclic) bond motifs is 2. The van der Waals surface area contributed by atoms with Crippen LogP contribution in [0.3, 0.4) is 0 Å². The number of carbonyl (C=O) groups is 1. The van der Waals surface area contributed by atoms with Crippen LogP contribution in [0.1, 0.15) is 36.5 Å². The smallest absolute Gasteiger partial charge is 0.217 e. The fraction of sp³-hybridized carbons (Fsp3) is 0.387. The minimum atomic E-state index is -0.662. The minimum absolute atomic E-state index is 0.108. The second-order valence-electron chi connectivity index (χ2n) is 9.94. The number of amides is 1. The molecule has 6 heteroatoms. The highest BCUT2D eigenvalue weighted by atomic mass is 16.6. The summed E-state index contributed by atoms with van der Waals surface area (Å²) in [5.74, 6) is -0.108. The third-order valence-corrected chi connectivity index (χ3v) is 7.20. The van der Waals surface area contributed by atoms with Crippen LogP contribution >= 0.6 is 0 Å². The molecule has 3 aromatic carbocycles. The summed E-state index contributed by atoms with van der Waals surface area (Å²) >= 11 is 0. The Labute approximate surface area is 218 Å². The molecule has 3 aromatic rings. The van der Waals surface area contributed by atoms with Crippen molar-refractivity contribution in [2.24, 2.45) is 0 Å². The van der Waals surface area contributed by atoms with Gasteiger partial charge in [0.25, 0.3) is 0 Å². The Balaban J connectivity index is 1.40. The van der Waals surface area contributed by atoms with Gasteiger partial charge in [0.2, 0.25) is 5.91 Å². The first kappa shape index (κ1) is 25.6. The number of hydrogen-bond donors (Lipinski definition) is 1. The number of hydrogen-bond acceptors (Lipinski definition) is 5. The Bertz CT molecular complexity index is 1130. The van der Waals surface area contributed by atoms with E-state index in [0.29, 0.717) is 26.4 Å². The fourth-order valence-corrected chi connectivity index (χ4v) is 5.45. The quantitative estimate of drug-likeness (QED) is 0.409. The molecule has 6 nitrogen and oxygen atoms in total. The molecule has 0 aliphatic carbocycles. The van der Waals surface area contributed by atoms with Crippen LogP contribution in [0.4, 0.5) is 0 Å². The second kappa shape index (κ2) is 12.0. The van der Waals surface area contributed by atoms with Gasteiger partial charge in [-0.1, -0.05) is 91.0 Å². The zero-order valence-corrected chi connectivity index (χ0v) is 21.3. The van der Waals surface area contributed by atoms with Crippen LogP contribution in [-0.2, 0) is 43.6 Å². The molecule has 2 saturated heterocycles. The van der Waals surface area contributed by atoms with Crippen molar-refractivity contribution in [1.82, 2.24) is 5.32 Å². The van der Waals surface area contributed by atoms with Crippen LogP contribution in [-0.4, -0.2) is 42.5 Å². The molecule has 5 rings (SSSR count). The number of nitrogens with one attached hydrogen (secondary N) is 1. The maximum atomic E-state index is 12.2. The molecule has 2 aliphatic heterocycles. The summed E-state index contributed by atoms with van der Waals surface area (Å²) in [6.07, 6.45) is 0.585. The van der Waals surface area contributed by atoms with E-state index in [0.717, 1.165) is 29.5 Å². The van der Waals surface area contributed by atoms with E-state index < -0.39 is 17.8 Å². The molecule has 1 N–H and O–H groups in total. The van der Waals surface area contributed by atoms with E-state index in [9.17, 15) is 4.79 Å². The Morgan fingerprint density at radius 2 is 1.38 bits per heavy atom. The highest BCUT2D eigenvalue weighted by Gasteiger charge is 2.60. The van der Waals surface area contributed by atoms with Crippen molar-refractivity contribution in [1.29, 1.82) is 0 Å². The molecule has 0 saturated carbocycles. The summed E-state index contributed by atoms with van der Waals surface area (Å²) < 4.78 is 26.1. The van der Waals surface area contributed by atoms with Crippen molar-refractivity contribution >= 4 is 5.91 Å². The van der Waals surface area contributed by atoms with E-state index in [4.69, 9.17) is 18.9 Å². The third kappa shape index (κ3) is 6.28. The summed E-state index contributed by atoms with van der Waals surface area (Å²) in [7, 11) is 0. The number of ether oxygens (including phenoxy) is 4. The van der Waals surface area contributed by atoms with Crippen molar-refractivity contribution in [3.05, 3.63) is 108 Å². The molecule has 0 radical (unpaired) electrons. The number of benzene rings is 3. The first-order valence-electron chi connectivity index (χ1n) is 13.0. The summed E-state index contributed by atoms with van der Waals surface area (Å²) in [6, 6.07) is 30.0. The first-order valence-corrected chi connectivity index (χ1v) is 13.0. The monoisotopic (exact) mass is 501 g/mol. The zero-order chi connectivity index (χ0) is 25.5. The van der Waals surface area contributed by atoms with Gasteiger partial charge in [-0.2, -0.15) is 0 Å². The van der Waals surface area contributed by atoms with Gasteiger partial charge >= 0.3 is 0 Å². The van der Waals surface area contributed by atoms with Crippen molar-refractivity contribution < 1.29 is 23.7 Å². The molecule has 2 bridgehead atoms. The lowest BCUT2D eigenvalue weighted by Gasteiger charge is -2.48. The largest absolute Gasteiger partial charge is 0.374 e. The van der Waals surface area contributed by atoms with E-state index in [-0.39, 0.29) is 18.1 Å². The molecule has 2 fully saturated rings. The Hall–Kier alpha value is -3.03. The molecule has 37 heavy (non-hydrogen) atoms. The maximum absolute atomic E-state index is 12.2. The Morgan fingerprint density at radius 3 is 1.95 bits per heavy atom. The lowest BCUT2D eigenvalue weighted by molar-refractivity contribution is -0.255. The van der Waals surface area contributed by atoms with E-state index in [2.05, 4.69) is 17.4 Å². The third-order valence-electron chi connectivity index (χ3n) is 7.20. The van der Waals surface area contributed by atoms with Gasteiger partial charge in [0.1, 0.15) is 17.8 Å². The van der Waals surface area contributed by atoms with E-state index in [1.54, 1.807) is 0 Å². The summed E-state index contributed by atoms with van der Waals surface area (Å²) in [5, 5.41) is 3.11. The van der Waals surface area contributed by atoms with Crippen molar-refractivity contribution in [3.8, 4) is 0 Å². The zero-order valence-electron chi connectivity index (χ0n) is 21.3. The Morgan fingerprint density at radius 1 is 0.838 bits per heavy atom. The van der Waals surface area contributed by atoms with Gasteiger partial charge in [-0.15, -0.1) is 0 Å². The normalized spacial score (nSPS) is 26.6. The molecule has 0 spiro atoms. The van der Waals surface area contributed by atoms with Crippen molar-refractivity contribution in [3.63, 3.8) is 0 Å². The second-order valence-corrected chi connectivity index (χ2v) is 9.94. The Kier molecular flexibility index (Phi) is 8.31. The summed E-state index contributed by atoms with van der Waals surface area (Å²) in [5.41, 5.74) is 2.59. The average Bonchev–Trinajstić information content (AvgIpc) is 3.31. The first-order chi connectivity index (χ1) is 18.1. The molecule has 0 unspecified atom stereocenters. The van der Waals surface area contributed by atoms with Crippen molar-refractivity contribution in [2.75, 3.05) is 6.61 Å². The van der Waals surface area contributed by atoms with Crippen molar-refractivity contribution in [2.45, 2.75) is 69.5 Å². The summed E-state index contributed by atoms with van der Waals surface area (Å²) in [6.45, 7) is 3.24. The number of carbonyl (C=O) groups excluding carboxylic acids is 1. The van der Waals surface area contributed by atoms with Gasteiger partial charge in [0.05, 0.1) is 38.6 Å². The molecular formula is C31H35NO5.